The normalized spacial score (nSPS) is 21.1. The predicted octanol–water partition coefficient (Wildman–Crippen LogP) is 3.40. The Morgan fingerprint density at radius 2 is 1.69 bits per heavy atom. The minimum absolute atomic E-state index is 0.456. The monoisotopic (exact) mass is 214 g/mol. The van der Waals surface area contributed by atoms with Crippen molar-refractivity contribution in [2.75, 3.05) is 0 Å². The average Bonchev–Trinajstić information content (AvgIpc) is 2.77. The quantitative estimate of drug-likeness (QED) is 0.700. The zero-order valence-corrected chi connectivity index (χ0v) is 9.67. The molecule has 0 heterocycles. The van der Waals surface area contributed by atoms with Gasteiger partial charge in [0.1, 0.15) is 5.78 Å². The van der Waals surface area contributed by atoms with E-state index in [1.165, 1.54) is 24.8 Å². The second-order valence-corrected chi connectivity index (χ2v) is 5.19. The van der Waals surface area contributed by atoms with Crippen LogP contribution < -0.4 is 0 Å². The van der Waals surface area contributed by atoms with E-state index in [-0.39, 0.29) is 0 Å². The lowest BCUT2D eigenvalue weighted by Crippen LogP contribution is -2.12. The highest BCUT2D eigenvalue weighted by molar-refractivity contribution is 5.79. The Labute approximate surface area is 96.9 Å². The summed E-state index contributed by atoms with van der Waals surface area (Å²) in [6.45, 7) is 0. The molecule has 0 amide bonds. The summed E-state index contributed by atoms with van der Waals surface area (Å²) in [6, 6.07) is 7.02. The first kappa shape index (κ1) is 10.1. The van der Waals surface area contributed by atoms with Crippen molar-refractivity contribution in [1.82, 2.24) is 0 Å². The molecule has 0 N–H and O–H groups in total. The number of hydrogen-bond acceptors (Lipinski definition) is 1. The third-order valence-corrected chi connectivity index (χ3v) is 4.14. The van der Waals surface area contributed by atoms with Gasteiger partial charge in [-0.05, 0) is 54.7 Å². The van der Waals surface area contributed by atoms with Crippen LogP contribution in [-0.2, 0) is 17.6 Å². The van der Waals surface area contributed by atoms with Crippen molar-refractivity contribution in [2.45, 2.75) is 50.9 Å². The maximum absolute atomic E-state index is 11.2. The molecule has 2 aliphatic rings. The summed E-state index contributed by atoms with van der Waals surface area (Å²) >= 11 is 0. The van der Waals surface area contributed by atoms with E-state index in [0.717, 1.165) is 25.7 Å². The van der Waals surface area contributed by atoms with Crippen molar-refractivity contribution in [3.05, 3.63) is 34.9 Å². The van der Waals surface area contributed by atoms with Crippen molar-refractivity contribution in [3.63, 3.8) is 0 Å². The highest BCUT2D eigenvalue weighted by Gasteiger charge is 2.21. The topological polar surface area (TPSA) is 17.1 Å². The minimum atomic E-state index is 0.456. The van der Waals surface area contributed by atoms with Gasteiger partial charge in [0.15, 0.2) is 0 Å². The maximum atomic E-state index is 11.2. The first-order valence-electron chi connectivity index (χ1n) is 6.46. The number of aryl methyl sites for hydroxylation is 2. The second-order valence-electron chi connectivity index (χ2n) is 5.19. The fourth-order valence-corrected chi connectivity index (χ4v) is 3.12. The number of rotatable bonds is 1. The molecule has 84 valence electrons. The zero-order valence-electron chi connectivity index (χ0n) is 9.67. The third-order valence-electron chi connectivity index (χ3n) is 4.14. The molecule has 0 unspecified atom stereocenters. The molecule has 1 saturated carbocycles. The first-order valence-corrected chi connectivity index (χ1v) is 6.46. The van der Waals surface area contributed by atoms with Crippen LogP contribution >= 0.6 is 0 Å². The summed E-state index contributed by atoms with van der Waals surface area (Å²) in [4.78, 5) is 11.2. The van der Waals surface area contributed by atoms with Crippen LogP contribution in [0.2, 0.25) is 0 Å². The molecule has 1 fully saturated rings. The van der Waals surface area contributed by atoms with Gasteiger partial charge in [-0.25, -0.2) is 0 Å². The van der Waals surface area contributed by atoms with Gasteiger partial charge < -0.3 is 0 Å². The molecule has 16 heavy (non-hydrogen) atoms. The summed E-state index contributed by atoms with van der Waals surface area (Å²) < 4.78 is 0. The van der Waals surface area contributed by atoms with Gasteiger partial charge in [0.2, 0.25) is 0 Å². The second kappa shape index (κ2) is 4.04. The minimum Gasteiger partial charge on any atom is -0.300 e. The molecule has 0 radical (unpaired) electrons. The molecule has 1 heteroatoms. The summed E-state index contributed by atoms with van der Waals surface area (Å²) in [6.07, 6.45) is 7.56. The molecule has 0 saturated heterocycles. The van der Waals surface area contributed by atoms with Crippen LogP contribution in [0, 0.1) is 0 Å². The lowest BCUT2D eigenvalue weighted by Gasteiger charge is -2.21. The van der Waals surface area contributed by atoms with Crippen LogP contribution in [0.1, 0.15) is 54.7 Å². The Morgan fingerprint density at radius 3 is 2.50 bits per heavy atom. The van der Waals surface area contributed by atoms with E-state index in [0.29, 0.717) is 11.7 Å². The van der Waals surface area contributed by atoms with E-state index in [1.807, 2.05) is 0 Å². The molecule has 3 rings (SSSR count). The maximum Gasteiger partial charge on any atom is 0.132 e. The molecule has 1 aromatic rings. The Bertz CT molecular complexity index is 409. The molecular weight excluding hydrogens is 196 g/mol. The summed E-state index contributed by atoms with van der Waals surface area (Å²) in [5.74, 6) is 1.10. The smallest absolute Gasteiger partial charge is 0.132 e. The van der Waals surface area contributed by atoms with Crippen LogP contribution in [0.3, 0.4) is 0 Å². The van der Waals surface area contributed by atoms with Crippen molar-refractivity contribution < 1.29 is 4.79 Å². The molecule has 0 aliphatic heterocycles. The van der Waals surface area contributed by atoms with Crippen molar-refractivity contribution in [1.29, 1.82) is 0 Å². The van der Waals surface area contributed by atoms with Gasteiger partial charge in [-0.1, -0.05) is 18.2 Å². The Hall–Kier alpha value is -1.11. The third kappa shape index (κ3) is 1.79. The van der Waals surface area contributed by atoms with Gasteiger partial charge in [0.25, 0.3) is 0 Å². The van der Waals surface area contributed by atoms with Crippen molar-refractivity contribution >= 4 is 5.78 Å². The van der Waals surface area contributed by atoms with Crippen LogP contribution in [-0.4, -0.2) is 5.78 Å². The van der Waals surface area contributed by atoms with Gasteiger partial charge in [-0.2, -0.15) is 0 Å². The molecular formula is C15H18O. The highest BCUT2D eigenvalue weighted by Crippen LogP contribution is 2.33. The fourth-order valence-electron chi connectivity index (χ4n) is 3.12. The van der Waals surface area contributed by atoms with E-state index in [1.54, 1.807) is 11.1 Å². The van der Waals surface area contributed by atoms with E-state index in [4.69, 9.17) is 0 Å². The zero-order chi connectivity index (χ0) is 11.0. The lowest BCUT2D eigenvalue weighted by molar-refractivity contribution is -0.120. The summed E-state index contributed by atoms with van der Waals surface area (Å²) in [5.41, 5.74) is 4.60. The lowest BCUT2D eigenvalue weighted by atomic mass is 9.83. The van der Waals surface area contributed by atoms with E-state index in [9.17, 15) is 4.79 Å². The van der Waals surface area contributed by atoms with E-state index < -0.39 is 0 Å². The van der Waals surface area contributed by atoms with Crippen molar-refractivity contribution in [3.8, 4) is 0 Å². The molecule has 2 aliphatic carbocycles. The number of hydrogen-bond donors (Lipinski definition) is 0. The average molecular weight is 214 g/mol. The molecule has 0 bridgehead atoms. The Balaban J connectivity index is 1.82. The Kier molecular flexibility index (Phi) is 2.55. The summed E-state index contributed by atoms with van der Waals surface area (Å²) in [5, 5.41) is 0. The predicted molar refractivity (Wildman–Crippen MR) is 64.7 cm³/mol. The fraction of sp³-hybridized carbons (Fsp3) is 0.533. The molecule has 0 spiro atoms. The molecule has 0 aromatic heterocycles. The summed E-state index contributed by atoms with van der Waals surface area (Å²) in [7, 11) is 0. The van der Waals surface area contributed by atoms with Gasteiger partial charge >= 0.3 is 0 Å². The van der Waals surface area contributed by atoms with Crippen LogP contribution in [0.15, 0.2) is 18.2 Å². The molecule has 0 atom stereocenters. The number of fused-ring (bicyclic) bond motifs is 1. The highest BCUT2D eigenvalue weighted by atomic mass is 16.1. The van der Waals surface area contributed by atoms with Gasteiger partial charge in [0.05, 0.1) is 0 Å². The Morgan fingerprint density at radius 1 is 0.938 bits per heavy atom. The number of benzene rings is 1. The molecule has 1 aromatic carbocycles. The first-order chi connectivity index (χ1) is 7.83. The van der Waals surface area contributed by atoms with Crippen LogP contribution in [0.4, 0.5) is 0 Å². The van der Waals surface area contributed by atoms with Gasteiger partial charge in [-0.3, -0.25) is 4.79 Å². The van der Waals surface area contributed by atoms with E-state index in [2.05, 4.69) is 18.2 Å². The van der Waals surface area contributed by atoms with Crippen LogP contribution in [0.5, 0.6) is 0 Å². The number of Topliss-reactive ketones (excluding diaryl/α,β-unsaturated/α-hetero) is 1. The van der Waals surface area contributed by atoms with E-state index >= 15 is 0 Å². The van der Waals surface area contributed by atoms with Gasteiger partial charge in [0, 0.05) is 12.8 Å². The largest absolute Gasteiger partial charge is 0.300 e. The number of carbonyl (C=O) groups excluding carboxylic acids is 1. The van der Waals surface area contributed by atoms with Crippen LogP contribution in [0.25, 0.3) is 0 Å². The number of ketones is 1. The van der Waals surface area contributed by atoms with Crippen molar-refractivity contribution in [2.24, 2.45) is 0 Å². The van der Waals surface area contributed by atoms with Gasteiger partial charge in [-0.15, -0.1) is 0 Å². The number of carbonyl (C=O) groups is 1. The molecule has 1 nitrogen and oxygen atoms in total. The standard InChI is InChI=1S/C15H18O/c16-15-8-6-12(7-9-15)14-5-4-11-2-1-3-13(11)10-14/h4-5,10,12H,1-3,6-9H2. The SMILES string of the molecule is O=C1CCC(c2ccc3c(c2)CCC3)CC1.